The molecule has 4 atom stereocenters. The van der Waals surface area contributed by atoms with Gasteiger partial charge < -0.3 is 29.2 Å². The van der Waals surface area contributed by atoms with Crippen molar-refractivity contribution < 1.29 is 43.5 Å². The number of ether oxygens (including phenoxy) is 4. The summed E-state index contributed by atoms with van der Waals surface area (Å²) in [5.41, 5.74) is 0. The highest BCUT2D eigenvalue weighted by Crippen LogP contribution is 2.37. The van der Waals surface area contributed by atoms with Crippen LogP contribution in [0, 0.1) is 11.8 Å². The lowest BCUT2D eigenvalue weighted by Gasteiger charge is -2.38. The highest BCUT2D eigenvalue weighted by atomic mass is 79.9. The molecule has 2 amide bonds. The van der Waals surface area contributed by atoms with E-state index in [-0.39, 0.29) is 36.6 Å². The number of nitrogens with zero attached hydrogens (tertiary/aromatic N) is 1. The Bertz CT molecular complexity index is 713. The topological polar surface area (TPSA) is 132 Å². The van der Waals surface area contributed by atoms with Crippen LogP contribution in [-0.4, -0.2) is 90.5 Å². The minimum atomic E-state index is -1.80. The summed E-state index contributed by atoms with van der Waals surface area (Å²) in [6, 6.07) is -0.421. The van der Waals surface area contributed by atoms with Crippen molar-refractivity contribution in [3.05, 3.63) is 10.6 Å². The summed E-state index contributed by atoms with van der Waals surface area (Å²) in [5.74, 6) is -3.87. The Morgan fingerprint density at radius 1 is 1.25 bits per heavy atom. The third-order valence-electron chi connectivity index (χ3n) is 5.41. The van der Waals surface area contributed by atoms with Crippen molar-refractivity contribution in [2.75, 3.05) is 39.6 Å². The van der Waals surface area contributed by atoms with Gasteiger partial charge in [-0.25, -0.2) is 9.69 Å². The Morgan fingerprint density at radius 3 is 2.53 bits per heavy atom. The highest BCUT2D eigenvalue weighted by Gasteiger charge is 2.48. The first-order valence-electron chi connectivity index (χ1n) is 10.7. The molecule has 0 aromatic heterocycles. The number of ketones is 1. The zero-order valence-electron chi connectivity index (χ0n) is 18.6. The van der Waals surface area contributed by atoms with Gasteiger partial charge in [0.25, 0.3) is 0 Å². The molecule has 11 heteroatoms. The second kappa shape index (κ2) is 12.2. The van der Waals surface area contributed by atoms with Crippen LogP contribution in [0.3, 0.4) is 0 Å². The van der Waals surface area contributed by atoms with E-state index in [0.29, 0.717) is 26.2 Å². The normalized spacial score (nSPS) is 27.0. The largest absolute Gasteiger partial charge is 0.447 e. The number of carbonyl (C=O) groups is 3. The maximum Gasteiger partial charge on any atom is 0.416 e. The van der Waals surface area contributed by atoms with Crippen molar-refractivity contribution in [1.29, 1.82) is 0 Å². The number of imide groups is 1. The van der Waals surface area contributed by atoms with Gasteiger partial charge in [0.1, 0.15) is 12.7 Å². The van der Waals surface area contributed by atoms with Crippen LogP contribution >= 0.6 is 15.9 Å². The number of hydrogen-bond donors (Lipinski definition) is 2. The lowest BCUT2D eigenvalue weighted by Crippen LogP contribution is -2.52. The molecule has 2 rings (SSSR count). The summed E-state index contributed by atoms with van der Waals surface area (Å²) < 4.78 is 21.4. The van der Waals surface area contributed by atoms with Crippen LogP contribution in [0.25, 0.3) is 0 Å². The number of cyclic esters (lactones) is 1. The van der Waals surface area contributed by atoms with E-state index in [1.54, 1.807) is 0 Å². The molecule has 1 fully saturated rings. The van der Waals surface area contributed by atoms with Crippen LogP contribution in [0.2, 0.25) is 0 Å². The molecule has 2 heterocycles. The molecule has 182 valence electrons. The molecular weight excluding hydrogens is 490 g/mol. The zero-order chi connectivity index (χ0) is 23.9. The Morgan fingerprint density at radius 2 is 1.91 bits per heavy atom. The van der Waals surface area contributed by atoms with E-state index >= 15 is 0 Å². The fourth-order valence-electron chi connectivity index (χ4n) is 3.50. The van der Waals surface area contributed by atoms with Crippen molar-refractivity contribution in [2.45, 2.75) is 51.5 Å². The van der Waals surface area contributed by atoms with E-state index in [1.807, 2.05) is 13.8 Å². The smallest absolute Gasteiger partial charge is 0.416 e. The van der Waals surface area contributed by atoms with E-state index in [4.69, 9.17) is 24.1 Å². The summed E-state index contributed by atoms with van der Waals surface area (Å²) in [7, 11) is 0. The molecule has 4 unspecified atom stereocenters. The molecular formula is C21H32BrNO9. The molecule has 0 aromatic rings. The van der Waals surface area contributed by atoms with Gasteiger partial charge in [-0.05, 0) is 34.3 Å². The van der Waals surface area contributed by atoms with E-state index in [2.05, 4.69) is 15.9 Å². The summed E-state index contributed by atoms with van der Waals surface area (Å²) in [5, 5.41) is 19.6. The molecule has 0 radical (unpaired) electrons. The average molecular weight is 522 g/mol. The second-order valence-electron chi connectivity index (χ2n) is 8.15. The van der Waals surface area contributed by atoms with Crippen molar-refractivity contribution in [3.8, 4) is 0 Å². The van der Waals surface area contributed by atoms with E-state index in [0.717, 1.165) is 4.90 Å². The summed E-state index contributed by atoms with van der Waals surface area (Å²) in [6.07, 6.45) is -0.244. The number of halogens is 1. The van der Waals surface area contributed by atoms with Crippen molar-refractivity contribution in [2.24, 2.45) is 11.8 Å². The monoisotopic (exact) mass is 521 g/mol. The van der Waals surface area contributed by atoms with Crippen molar-refractivity contribution in [1.82, 2.24) is 4.90 Å². The van der Waals surface area contributed by atoms with E-state index < -0.39 is 41.6 Å². The number of amides is 2. The van der Waals surface area contributed by atoms with Crippen LogP contribution in [0.15, 0.2) is 10.6 Å². The molecule has 2 aliphatic rings. The lowest BCUT2D eigenvalue weighted by atomic mass is 9.93. The Kier molecular flexibility index (Phi) is 10.2. The van der Waals surface area contributed by atoms with Gasteiger partial charge in [-0.3, -0.25) is 9.59 Å². The first-order valence-corrected chi connectivity index (χ1v) is 11.5. The molecule has 1 saturated heterocycles. The molecule has 0 bridgehead atoms. The fraction of sp³-hybridized carbons (Fsp3) is 0.762. The predicted octanol–water partition coefficient (Wildman–Crippen LogP) is 1.37. The van der Waals surface area contributed by atoms with Gasteiger partial charge in [0.15, 0.2) is 11.6 Å². The Hall–Kier alpha value is -1.37. The first-order chi connectivity index (χ1) is 15.1. The van der Waals surface area contributed by atoms with Crippen molar-refractivity contribution >= 4 is 33.7 Å². The summed E-state index contributed by atoms with van der Waals surface area (Å²) >= 11 is 3.19. The summed E-state index contributed by atoms with van der Waals surface area (Å²) in [4.78, 5) is 38.8. The zero-order valence-corrected chi connectivity index (χ0v) is 20.2. The molecule has 2 aliphatic heterocycles. The third-order valence-corrected chi connectivity index (χ3v) is 6.26. The molecule has 2 N–H and O–H groups in total. The van der Waals surface area contributed by atoms with Crippen LogP contribution in [0.1, 0.15) is 33.6 Å². The summed E-state index contributed by atoms with van der Waals surface area (Å²) in [6.45, 7) is 6.54. The number of rotatable bonds is 12. The predicted molar refractivity (Wildman–Crippen MR) is 116 cm³/mol. The number of carbonyl (C=O) groups excluding carboxylic acids is 3. The Balaban J connectivity index is 1.97. The minimum Gasteiger partial charge on any atom is -0.447 e. The lowest BCUT2D eigenvalue weighted by molar-refractivity contribution is -0.217. The van der Waals surface area contributed by atoms with Crippen molar-refractivity contribution in [3.63, 3.8) is 0 Å². The molecule has 0 spiro atoms. The van der Waals surface area contributed by atoms with Gasteiger partial charge in [0.05, 0.1) is 42.9 Å². The van der Waals surface area contributed by atoms with Crippen LogP contribution in [0.4, 0.5) is 4.79 Å². The van der Waals surface area contributed by atoms with Gasteiger partial charge >= 0.3 is 6.09 Å². The van der Waals surface area contributed by atoms with Crippen LogP contribution < -0.4 is 0 Å². The number of aliphatic hydroxyl groups is 2. The third kappa shape index (κ3) is 6.58. The Labute approximate surface area is 195 Å². The van der Waals surface area contributed by atoms with Gasteiger partial charge in [0.2, 0.25) is 5.91 Å². The molecule has 0 saturated carbocycles. The standard InChI is InChI=1S/C21H32BrNO9/c1-13(2)15-12-31-20(27)23(15)19(26)14(3)18-16(25)11-17(22)21(28,32-18)5-4-7-29-9-10-30-8-6-24/h11,13-15,18,24,28H,4-10,12H2,1-3H3. The van der Waals surface area contributed by atoms with Gasteiger partial charge in [0, 0.05) is 13.0 Å². The SMILES string of the molecule is CC(C)C1COC(=O)N1C(=O)C(C)C1OC(O)(CCCOCCOCCO)C(Br)=CC1=O. The molecule has 32 heavy (non-hydrogen) atoms. The average Bonchev–Trinajstić information content (AvgIpc) is 3.13. The molecule has 0 aliphatic carbocycles. The van der Waals surface area contributed by atoms with Crippen LogP contribution in [0.5, 0.6) is 0 Å². The second-order valence-corrected chi connectivity index (χ2v) is 9.01. The van der Waals surface area contributed by atoms with Gasteiger partial charge in [-0.2, -0.15) is 0 Å². The van der Waals surface area contributed by atoms with E-state index in [1.165, 1.54) is 13.0 Å². The van der Waals surface area contributed by atoms with E-state index in [9.17, 15) is 19.5 Å². The number of hydrogen-bond acceptors (Lipinski definition) is 9. The highest BCUT2D eigenvalue weighted by molar-refractivity contribution is 9.11. The minimum absolute atomic E-state index is 0.0133. The molecule has 0 aromatic carbocycles. The quantitative estimate of drug-likeness (QED) is 0.365. The maximum absolute atomic E-state index is 13.0. The fourth-order valence-corrected chi connectivity index (χ4v) is 4.02. The molecule has 10 nitrogen and oxygen atoms in total. The maximum atomic E-state index is 13.0. The first kappa shape index (κ1) is 26.9. The number of aliphatic hydroxyl groups excluding tert-OH is 1. The van der Waals surface area contributed by atoms with Crippen LogP contribution in [-0.2, 0) is 28.5 Å². The van der Waals surface area contributed by atoms with Gasteiger partial charge in [-0.1, -0.05) is 20.8 Å². The van der Waals surface area contributed by atoms with Gasteiger partial charge in [-0.15, -0.1) is 0 Å².